The molecule has 0 fully saturated rings. The number of benzene rings is 3. The molecule has 1 unspecified atom stereocenters. The first-order valence-corrected chi connectivity index (χ1v) is 14.6. The highest BCUT2D eigenvalue weighted by Crippen LogP contribution is 2.48. The topological polar surface area (TPSA) is 70.1 Å². The molecular formula is C32H29Cl2N3OS. The Kier molecular flexibility index (Phi) is 7.82. The number of rotatable bonds is 5. The Morgan fingerprint density at radius 1 is 1.05 bits per heavy atom. The van der Waals surface area contributed by atoms with Gasteiger partial charge in [0.05, 0.1) is 17.6 Å². The summed E-state index contributed by atoms with van der Waals surface area (Å²) in [7, 11) is 0. The number of allylic oxidation sites excluding steroid dienone is 3. The van der Waals surface area contributed by atoms with E-state index in [2.05, 4.69) is 32.0 Å². The van der Waals surface area contributed by atoms with E-state index in [1.165, 1.54) is 5.56 Å². The van der Waals surface area contributed by atoms with E-state index in [1.807, 2.05) is 54.3 Å². The van der Waals surface area contributed by atoms with Crippen LogP contribution in [0.5, 0.6) is 0 Å². The number of carbonyl (C=O) groups is 1. The van der Waals surface area contributed by atoms with Gasteiger partial charge in [-0.2, -0.15) is 5.26 Å². The smallest absolute Gasteiger partial charge is 0.161 e. The van der Waals surface area contributed by atoms with Crippen LogP contribution in [-0.4, -0.2) is 5.78 Å². The lowest BCUT2D eigenvalue weighted by molar-refractivity contribution is -0.116. The largest absolute Gasteiger partial charge is 0.384 e. The number of anilines is 1. The number of nitrogens with zero attached hydrogens (tertiary/aromatic N) is 2. The maximum atomic E-state index is 13.6. The van der Waals surface area contributed by atoms with Gasteiger partial charge in [0, 0.05) is 44.1 Å². The van der Waals surface area contributed by atoms with E-state index in [-0.39, 0.29) is 5.78 Å². The fraction of sp³-hybridized carbons (Fsp3) is 0.250. The van der Waals surface area contributed by atoms with E-state index < -0.39 is 5.92 Å². The highest BCUT2D eigenvalue weighted by molar-refractivity contribution is 7.98. The van der Waals surface area contributed by atoms with E-state index in [9.17, 15) is 10.1 Å². The molecule has 2 N–H and O–H groups in total. The third-order valence-corrected chi connectivity index (χ3v) is 9.27. The van der Waals surface area contributed by atoms with Gasteiger partial charge in [-0.25, -0.2) is 0 Å². The minimum atomic E-state index is -0.505. The molecule has 7 heteroatoms. The first-order chi connectivity index (χ1) is 18.7. The molecule has 1 aliphatic heterocycles. The summed E-state index contributed by atoms with van der Waals surface area (Å²) in [6.07, 6.45) is 1.90. The number of ketones is 1. The quantitative estimate of drug-likeness (QED) is 0.310. The molecule has 39 heavy (non-hydrogen) atoms. The van der Waals surface area contributed by atoms with Gasteiger partial charge in [0.2, 0.25) is 0 Å². The summed E-state index contributed by atoms with van der Waals surface area (Å²) in [5, 5.41) is 11.8. The minimum Gasteiger partial charge on any atom is -0.384 e. The van der Waals surface area contributed by atoms with Crippen LogP contribution in [0, 0.1) is 32.1 Å². The molecule has 2 aliphatic rings. The van der Waals surface area contributed by atoms with Crippen molar-refractivity contribution in [2.45, 2.75) is 56.6 Å². The molecule has 0 aromatic heterocycles. The van der Waals surface area contributed by atoms with Crippen molar-refractivity contribution in [3.63, 3.8) is 0 Å². The Bertz CT molecular complexity index is 1580. The van der Waals surface area contributed by atoms with Gasteiger partial charge in [0.25, 0.3) is 0 Å². The predicted octanol–water partition coefficient (Wildman–Crippen LogP) is 8.52. The van der Waals surface area contributed by atoms with Crippen LogP contribution >= 0.6 is 35.0 Å². The van der Waals surface area contributed by atoms with Gasteiger partial charge in [-0.15, -0.1) is 11.8 Å². The first kappa shape index (κ1) is 27.4. The number of hydrogen-bond donors (Lipinski definition) is 1. The summed E-state index contributed by atoms with van der Waals surface area (Å²) in [5.41, 5.74) is 14.7. The van der Waals surface area contributed by atoms with Crippen LogP contribution in [0.15, 0.2) is 82.2 Å². The van der Waals surface area contributed by atoms with Gasteiger partial charge in [0.15, 0.2) is 5.78 Å². The second kappa shape index (κ2) is 11.1. The lowest BCUT2D eigenvalue weighted by Gasteiger charge is -2.40. The third kappa shape index (κ3) is 5.22. The Morgan fingerprint density at radius 2 is 1.79 bits per heavy atom. The van der Waals surface area contributed by atoms with Gasteiger partial charge < -0.3 is 5.73 Å². The van der Waals surface area contributed by atoms with Crippen molar-refractivity contribution in [3.05, 3.63) is 115 Å². The molecule has 0 amide bonds. The van der Waals surface area contributed by atoms with Crippen LogP contribution in [0.4, 0.5) is 5.69 Å². The molecule has 0 bridgehead atoms. The van der Waals surface area contributed by atoms with Crippen molar-refractivity contribution in [1.82, 2.24) is 0 Å². The molecule has 0 saturated heterocycles. The molecule has 5 rings (SSSR count). The first-order valence-electron chi connectivity index (χ1n) is 12.9. The Balaban J connectivity index is 1.63. The summed E-state index contributed by atoms with van der Waals surface area (Å²) in [6, 6.07) is 20.2. The number of halogens is 2. The van der Waals surface area contributed by atoms with Crippen molar-refractivity contribution in [3.8, 4) is 6.07 Å². The fourth-order valence-corrected chi connectivity index (χ4v) is 6.77. The molecule has 4 nitrogen and oxygen atoms in total. The molecule has 1 atom stereocenters. The Hall–Kier alpha value is -3.17. The van der Waals surface area contributed by atoms with Gasteiger partial charge in [-0.3, -0.25) is 9.69 Å². The van der Waals surface area contributed by atoms with Crippen molar-refractivity contribution in [2.24, 2.45) is 5.73 Å². The van der Waals surface area contributed by atoms with E-state index in [4.69, 9.17) is 28.9 Å². The molecule has 0 saturated carbocycles. The van der Waals surface area contributed by atoms with Crippen LogP contribution < -0.4 is 10.6 Å². The highest BCUT2D eigenvalue weighted by Gasteiger charge is 2.41. The van der Waals surface area contributed by atoms with Crippen molar-refractivity contribution >= 4 is 46.4 Å². The van der Waals surface area contributed by atoms with E-state index in [0.29, 0.717) is 39.9 Å². The van der Waals surface area contributed by atoms with Crippen LogP contribution in [-0.2, 0) is 10.5 Å². The third-order valence-electron chi connectivity index (χ3n) is 7.55. The summed E-state index contributed by atoms with van der Waals surface area (Å²) in [6.45, 7) is 6.08. The molecule has 0 spiro atoms. The van der Waals surface area contributed by atoms with Crippen LogP contribution in [0.3, 0.4) is 0 Å². The van der Waals surface area contributed by atoms with Crippen LogP contribution in [0.2, 0.25) is 10.0 Å². The van der Waals surface area contributed by atoms with Crippen LogP contribution in [0.25, 0.3) is 0 Å². The second-order valence-electron chi connectivity index (χ2n) is 10.1. The van der Waals surface area contributed by atoms with Gasteiger partial charge in [-0.1, -0.05) is 47.0 Å². The predicted molar refractivity (Wildman–Crippen MR) is 161 cm³/mol. The number of hydrogen-bond acceptors (Lipinski definition) is 5. The zero-order chi connectivity index (χ0) is 27.8. The molecule has 0 radical (unpaired) electrons. The SMILES string of the molecule is Cc1cc(CSc2ccc(Cl)cc2)c(C)c(C2C(C#N)=C(N)N(c3ccc(C)c(Cl)c3)C3=C2C(=O)CCC3)c1. The van der Waals surface area contributed by atoms with Crippen molar-refractivity contribution in [2.75, 3.05) is 4.90 Å². The summed E-state index contributed by atoms with van der Waals surface area (Å²) in [5.74, 6) is 0.676. The zero-order valence-corrected chi connectivity index (χ0v) is 24.5. The molecule has 1 heterocycles. The van der Waals surface area contributed by atoms with Crippen molar-refractivity contribution in [1.29, 1.82) is 5.26 Å². The van der Waals surface area contributed by atoms with E-state index in [1.54, 1.807) is 11.8 Å². The Morgan fingerprint density at radius 3 is 2.49 bits per heavy atom. The molecule has 1 aliphatic carbocycles. The normalized spacial score (nSPS) is 17.4. The molecule has 3 aromatic rings. The molecule has 198 valence electrons. The lowest BCUT2D eigenvalue weighted by Crippen LogP contribution is -2.39. The number of nitrogens with two attached hydrogens (primary N) is 1. The van der Waals surface area contributed by atoms with E-state index in [0.717, 1.165) is 50.7 Å². The Labute approximate surface area is 244 Å². The average molecular weight is 575 g/mol. The molecular weight excluding hydrogens is 545 g/mol. The standard InChI is InChI=1S/C32H29Cl2N3OS/c1-18-13-21(17-39-24-11-8-22(33)9-12-24)20(3)25(14-18)30-26(16-35)32(36)37(23-10-7-19(2)27(34)15-23)28-5-4-6-29(38)31(28)30/h7-15,30H,4-6,17,36H2,1-3H3. The second-order valence-corrected chi connectivity index (χ2v) is 12.0. The monoisotopic (exact) mass is 573 g/mol. The van der Waals surface area contributed by atoms with Gasteiger partial charge >= 0.3 is 0 Å². The fourth-order valence-electron chi connectivity index (χ4n) is 5.52. The summed E-state index contributed by atoms with van der Waals surface area (Å²) >= 11 is 14.3. The summed E-state index contributed by atoms with van der Waals surface area (Å²) < 4.78 is 0. The maximum Gasteiger partial charge on any atom is 0.161 e. The zero-order valence-electron chi connectivity index (χ0n) is 22.1. The molecule has 3 aromatic carbocycles. The number of thioether (sulfide) groups is 1. The summed E-state index contributed by atoms with van der Waals surface area (Å²) in [4.78, 5) is 16.6. The van der Waals surface area contributed by atoms with E-state index >= 15 is 0 Å². The lowest BCUT2D eigenvalue weighted by atomic mass is 9.73. The number of aryl methyl sites for hydroxylation is 2. The average Bonchev–Trinajstić information content (AvgIpc) is 2.91. The maximum absolute atomic E-state index is 13.6. The van der Waals surface area contributed by atoms with Crippen molar-refractivity contribution < 1.29 is 4.79 Å². The van der Waals surface area contributed by atoms with Gasteiger partial charge in [0.1, 0.15) is 5.82 Å². The number of carbonyl (C=O) groups excluding carboxylic acids is 1. The van der Waals surface area contributed by atoms with Gasteiger partial charge in [-0.05, 0) is 92.3 Å². The number of Topliss-reactive ketones (excluding diaryl/α,β-unsaturated/α-hetero) is 1. The highest BCUT2D eigenvalue weighted by atomic mass is 35.5. The minimum absolute atomic E-state index is 0.0719. The van der Waals surface area contributed by atoms with Crippen LogP contribution in [0.1, 0.15) is 53.0 Å². The number of nitriles is 1.